The second-order valence-corrected chi connectivity index (χ2v) is 6.51. The molecular weight excluding hydrogens is 400 g/mol. The van der Waals surface area contributed by atoms with Crippen molar-refractivity contribution in [3.05, 3.63) is 63.9 Å². The first-order valence-electron chi connectivity index (χ1n) is 8.41. The molecule has 0 unspecified atom stereocenters. The zero-order valence-corrected chi connectivity index (χ0v) is 15.5. The number of hydrogen-bond acceptors (Lipinski definition) is 3. The van der Waals surface area contributed by atoms with Crippen LogP contribution in [0.3, 0.4) is 0 Å². The SMILES string of the molecule is CCOC(=O)CC1=CCc2ccc(Oc3c(F)cc(C(F)(F)F)cc3Cl)cc21. The average molecular weight is 415 g/mol. The fraction of sp³-hybridized carbons (Fsp3) is 0.250. The predicted octanol–water partition coefficient (Wildman–Crippen LogP) is 6.18. The van der Waals surface area contributed by atoms with Gasteiger partial charge in [-0.25, -0.2) is 4.39 Å². The number of esters is 1. The third-order valence-corrected chi connectivity index (χ3v) is 4.46. The second-order valence-electron chi connectivity index (χ2n) is 6.10. The molecule has 0 N–H and O–H groups in total. The number of hydrogen-bond donors (Lipinski definition) is 0. The lowest BCUT2D eigenvalue weighted by molar-refractivity contribution is -0.142. The summed E-state index contributed by atoms with van der Waals surface area (Å²) in [6, 6.07) is 5.85. The number of fused-ring (bicyclic) bond motifs is 1. The Labute approximate surface area is 163 Å². The van der Waals surface area contributed by atoms with Crippen molar-refractivity contribution < 1.29 is 31.8 Å². The third kappa shape index (κ3) is 4.30. The van der Waals surface area contributed by atoms with Crippen LogP contribution in [-0.4, -0.2) is 12.6 Å². The first-order chi connectivity index (χ1) is 13.2. The van der Waals surface area contributed by atoms with Gasteiger partial charge in [-0.1, -0.05) is 23.7 Å². The second kappa shape index (κ2) is 7.83. The van der Waals surface area contributed by atoms with Crippen molar-refractivity contribution in [3.8, 4) is 11.5 Å². The Morgan fingerprint density at radius 3 is 2.61 bits per heavy atom. The van der Waals surface area contributed by atoms with Crippen LogP contribution in [-0.2, 0) is 22.1 Å². The van der Waals surface area contributed by atoms with Crippen LogP contribution in [0.1, 0.15) is 30.0 Å². The largest absolute Gasteiger partial charge is 0.466 e. The van der Waals surface area contributed by atoms with Gasteiger partial charge in [0.2, 0.25) is 0 Å². The van der Waals surface area contributed by atoms with Crippen LogP contribution in [0, 0.1) is 5.82 Å². The molecule has 1 aliphatic rings. The summed E-state index contributed by atoms with van der Waals surface area (Å²) in [5.74, 6) is -1.90. The molecule has 0 atom stereocenters. The summed E-state index contributed by atoms with van der Waals surface area (Å²) in [5.41, 5.74) is 1.24. The summed E-state index contributed by atoms with van der Waals surface area (Å²) in [7, 11) is 0. The van der Waals surface area contributed by atoms with Gasteiger partial charge in [-0.2, -0.15) is 13.2 Å². The molecule has 0 aromatic heterocycles. The molecule has 0 aliphatic heterocycles. The highest BCUT2D eigenvalue weighted by molar-refractivity contribution is 6.32. The summed E-state index contributed by atoms with van der Waals surface area (Å²) >= 11 is 5.80. The van der Waals surface area contributed by atoms with Crippen LogP contribution in [0.4, 0.5) is 17.6 Å². The van der Waals surface area contributed by atoms with Gasteiger partial charge in [0.05, 0.1) is 23.6 Å². The Hall–Kier alpha value is -2.54. The molecule has 0 spiro atoms. The van der Waals surface area contributed by atoms with E-state index < -0.39 is 28.3 Å². The van der Waals surface area contributed by atoms with Crippen molar-refractivity contribution in [2.75, 3.05) is 6.61 Å². The molecule has 28 heavy (non-hydrogen) atoms. The standard InChI is InChI=1S/C20H15ClF4O3/c1-2-27-18(26)7-12-4-3-11-5-6-14(10-15(11)12)28-19-16(21)8-13(9-17(19)22)20(23,24)25/h4-6,8-10H,2-3,7H2,1H3. The Kier molecular flexibility index (Phi) is 5.65. The smallest absolute Gasteiger partial charge is 0.416 e. The lowest BCUT2D eigenvalue weighted by Gasteiger charge is -2.14. The van der Waals surface area contributed by atoms with Gasteiger partial charge in [-0.05, 0) is 54.3 Å². The van der Waals surface area contributed by atoms with Crippen LogP contribution >= 0.6 is 11.6 Å². The summed E-state index contributed by atoms with van der Waals surface area (Å²) < 4.78 is 62.8. The number of allylic oxidation sites excluding steroid dienone is 1. The maximum absolute atomic E-state index is 14.2. The van der Waals surface area contributed by atoms with E-state index in [1.165, 1.54) is 0 Å². The van der Waals surface area contributed by atoms with E-state index in [0.29, 0.717) is 18.6 Å². The summed E-state index contributed by atoms with van der Waals surface area (Å²) in [6.45, 7) is 1.98. The maximum Gasteiger partial charge on any atom is 0.416 e. The van der Waals surface area contributed by atoms with E-state index in [4.69, 9.17) is 21.1 Å². The Bertz CT molecular complexity index is 928. The first-order valence-corrected chi connectivity index (χ1v) is 8.79. The quantitative estimate of drug-likeness (QED) is 0.432. The van der Waals surface area contributed by atoms with Crippen molar-refractivity contribution in [2.24, 2.45) is 0 Å². The highest BCUT2D eigenvalue weighted by Crippen LogP contribution is 2.40. The molecule has 0 bridgehead atoms. The molecule has 8 heteroatoms. The number of carbonyl (C=O) groups is 1. The van der Waals surface area contributed by atoms with Gasteiger partial charge in [-0.3, -0.25) is 4.79 Å². The predicted molar refractivity (Wildman–Crippen MR) is 95.9 cm³/mol. The van der Waals surface area contributed by atoms with Crippen LogP contribution in [0.5, 0.6) is 11.5 Å². The molecule has 0 fully saturated rings. The van der Waals surface area contributed by atoms with Crippen molar-refractivity contribution in [3.63, 3.8) is 0 Å². The minimum atomic E-state index is -4.72. The monoisotopic (exact) mass is 414 g/mol. The zero-order chi connectivity index (χ0) is 20.5. The molecule has 148 valence electrons. The Balaban J connectivity index is 1.86. The van der Waals surface area contributed by atoms with E-state index in [1.807, 2.05) is 6.08 Å². The van der Waals surface area contributed by atoms with E-state index >= 15 is 0 Å². The number of benzene rings is 2. The minimum Gasteiger partial charge on any atom is -0.466 e. The van der Waals surface area contributed by atoms with Gasteiger partial charge in [-0.15, -0.1) is 0 Å². The van der Waals surface area contributed by atoms with Gasteiger partial charge in [0.25, 0.3) is 0 Å². The van der Waals surface area contributed by atoms with Gasteiger partial charge in [0, 0.05) is 0 Å². The fourth-order valence-corrected chi connectivity index (χ4v) is 3.16. The van der Waals surface area contributed by atoms with Crippen LogP contribution in [0.2, 0.25) is 5.02 Å². The summed E-state index contributed by atoms with van der Waals surface area (Å²) in [6.07, 6.45) is -2.13. The molecule has 0 amide bonds. The molecule has 3 rings (SSSR count). The van der Waals surface area contributed by atoms with E-state index in [-0.39, 0.29) is 24.7 Å². The normalized spacial score (nSPS) is 13.1. The molecule has 1 aliphatic carbocycles. The lowest BCUT2D eigenvalue weighted by atomic mass is 10.0. The maximum atomic E-state index is 14.2. The van der Waals surface area contributed by atoms with Crippen LogP contribution in [0.15, 0.2) is 36.4 Å². The van der Waals surface area contributed by atoms with E-state index in [1.54, 1.807) is 25.1 Å². The number of rotatable bonds is 5. The topological polar surface area (TPSA) is 35.5 Å². The van der Waals surface area contributed by atoms with Crippen molar-refractivity contribution in [2.45, 2.75) is 25.9 Å². The third-order valence-electron chi connectivity index (χ3n) is 4.18. The van der Waals surface area contributed by atoms with Gasteiger partial charge >= 0.3 is 12.1 Å². The molecule has 0 heterocycles. The summed E-state index contributed by atoms with van der Waals surface area (Å²) in [5, 5.41) is -0.491. The Morgan fingerprint density at radius 1 is 1.21 bits per heavy atom. The lowest BCUT2D eigenvalue weighted by Crippen LogP contribution is -2.06. The molecule has 0 radical (unpaired) electrons. The van der Waals surface area contributed by atoms with Crippen molar-refractivity contribution in [1.82, 2.24) is 0 Å². The molecule has 2 aromatic carbocycles. The number of ether oxygens (including phenoxy) is 2. The van der Waals surface area contributed by atoms with E-state index in [9.17, 15) is 22.4 Å². The summed E-state index contributed by atoms with van der Waals surface area (Å²) in [4.78, 5) is 11.7. The number of alkyl halides is 3. The van der Waals surface area contributed by atoms with E-state index in [2.05, 4.69) is 0 Å². The van der Waals surface area contributed by atoms with Crippen molar-refractivity contribution in [1.29, 1.82) is 0 Å². The van der Waals surface area contributed by atoms with E-state index in [0.717, 1.165) is 16.7 Å². The minimum absolute atomic E-state index is 0.0830. The molecule has 0 saturated carbocycles. The van der Waals surface area contributed by atoms with Gasteiger partial charge < -0.3 is 9.47 Å². The molecule has 0 saturated heterocycles. The highest BCUT2D eigenvalue weighted by Gasteiger charge is 2.32. The highest BCUT2D eigenvalue weighted by atomic mass is 35.5. The molecule has 3 nitrogen and oxygen atoms in total. The van der Waals surface area contributed by atoms with Crippen LogP contribution < -0.4 is 4.74 Å². The first kappa shape index (κ1) is 20.2. The van der Waals surface area contributed by atoms with Crippen LogP contribution in [0.25, 0.3) is 5.57 Å². The zero-order valence-electron chi connectivity index (χ0n) is 14.7. The van der Waals surface area contributed by atoms with Gasteiger partial charge in [0.1, 0.15) is 5.75 Å². The Morgan fingerprint density at radius 2 is 1.96 bits per heavy atom. The van der Waals surface area contributed by atoms with Crippen molar-refractivity contribution >= 4 is 23.1 Å². The molecule has 2 aromatic rings. The molecular formula is C20H15ClF4O3. The fourth-order valence-electron chi connectivity index (χ4n) is 2.91. The number of carbonyl (C=O) groups excluding carboxylic acids is 1. The number of halogens is 5. The van der Waals surface area contributed by atoms with Gasteiger partial charge in [0.15, 0.2) is 11.6 Å². The average Bonchev–Trinajstić information content (AvgIpc) is 2.99.